The summed E-state index contributed by atoms with van der Waals surface area (Å²) in [5.74, 6) is 1.72. The van der Waals surface area contributed by atoms with Crippen LogP contribution in [0.3, 0.4) is 0 Å². The SMILES string of the molecule is CCOc1ccc(NC(=O)CCc2c(C)nc3ncnn3c2C)cc1OC. The molecule has 0 aliphatic heterocycles. The van der Waals surface area contributed by atoms with E-state index in [1.54, 1.807) is 29.8 Å². The number of nitrogens with one attached hydrogen (secondary N) is 1. The van der Waals surface area contributed by atoms with Gasteiger partial charge in [-0.2, -0.15) is 10.1 Å². The van der Waals surface area contributed by atoms with Crippen molar-refractivity contribution in [2.45, 2.75) is 33.6 Å². The fourth-order valence-corrected chi connectivity index (χ4v) is 3.00. The number of benzene rings is 1. The normalized spacial score (nSPS) is 10.8. The van der Waals surface area contributed by atoms with Crippen molar-refractivity contribution < 1.29 is 14.3 Å². The van der Waals surface area contributed by atoms with Crippen LogP contribution in [0.1, 0.15) is 30.3 Å². The maximum Gasteiger partial charge on any atom is 0.252 e. The highest BCUT2D eigenvalue weighted by Gasteiger charge is 2.13. The summed E-state index contributed by atoms with van der Waals surface area (Å²) >= 11 is 0. The number of methoxy groups -OCH3 is 1. The van der Waals surface area contributed by atoms with E-state index in [0.29, 0.717) is 42.4 Å². The molecule has 3 aromatic rings. The van der Waals surface area contributed by atoms with E-state index in [1.165, 1.54) is 6.33 Å². The zero-order chi connectivity index (χ0) is 19.4. The molecular formula is C19H23N5O3. The van der Waals surface area contributed by atoms with Crippen molar-refractivity contribution in [2.24, 2.45) is 0 Å². The first-order chi connectivity index (χ1) is 13.0. The van der Waals surface area contributed by atoms with E-state index in [1.807, 2.05) is 20.8 Å². The number of aromatic nitrogens is 4. The molecule has 8 heteroatoms. The average molecular weight is 369 g/mol. The van der Waals surface area contributed by atoms with Crippen LogP contribution in [0, 0.1) is 13.8 Å². The third-order valence-electron chi connectivity index (χ3n) is 4.34. The second-order valence-electron chi connectivity index (χ2n) is 6.08. The van der Waals surface area contributed by atoms with Gasteiger partial charge in [-0.05, 0) is 44.9 Å². The predicted molar refractivity (Wildman–Crippen MR) is 101 cm³/mol. The number of aryl methyl sites for hydroxylation is 2. The van der Waals surface area contributed by atoms with Crippen molar-refractivity contribution in [3.05, 3.63) is 41.5 Å². The standard InChI is InChI=1S/C19H23N5O3/c1-5-27-16-8-6-14(10-17(16)26-4)23-18(25)9-7-15-12(2)22-19-20-11-21-24(19)13(15)3/h6,8,10-11H,5,7,9H2,1-4H3,(H,23,25). The fraction of sp³-hybridized carbons (Fsp3) is 0.368. The second-order valence-corrected chi connectivity index (χ2v) is 6.08. The van der Waals surface area contributed by atoms with Crippen LogP contribution in [0.5, 0.6) is 11.5 Å². The molecule has 0 fully saturated rings. The topological polar surface area (TPSA) is 90.6 Å². The minimum absolute atomic E-state index is 0.0845. The molecule has 0 bridgehead atoms. The summed E-state index contributed by atoms with van der Waals surface area (Å²) in [5.41, 5.74) is 3.49. The molecule has 0 saturated heterocycles. The molecule has 1 amide bonds. The zero-order valence-electron chi connectivity index (χ0n) is 15.9. The van der Waals surface area contributed by atoms with Gasteiger partial charge >= 0.3 is 0 Å². The summed E-state index contributed by atoms with van der Waals surface area (Å²) in [6, 6.07) is 5.34. The number of carbonyl (C=O) groups excluding carboxylic acids is 1. The van der Waals surface area contributed by atoms with E-state index in [4.69, 9.17) is 9.47 Å². The zero-order valence-corrected chi connectivity index (χ0v) is 15.9. The molecule has 27 heavy (non-hydrogen) atoms. The maximum atomic E-state index is 12.4. The highest BCUT2D eigenvalue weighted by Crippen LogP contribution is 2.30. The first kappa shape index (κ1) is 18.6. The van der Waals surface area contributed by atoms with Crippen LogP contribution in [0.2, 0.25) is 0 Å². The van der Waals surface area contributed by atoms with Crippen LogP contribution < -0.4 is 14.8 Å². The van der Waals surface area contributed by atoms with E-state index in [2.05, 4.69) is 20.4 Å². The van der Waals surface area contributed by atoms with E-state index in [0.717, 1.165) is 17.0 Å². The van der Waals surface area contributed by atoms with Gasteiger partial charge in [0, 0.05) is 29.6 Å². The summed E-state index contributed by atoms with van der Waals surface area (Å²) in [6.07, 6.45) is 2.38. The fourth-order valence-electron chi connectivity index (χ4n) is 3.00. The number of ether oxygens (including phenoxy) is 2. The van der Waals surface area contributed by atoms with Crippen molar-refractivity contribution in [1.29, 1.82) is 0 Å². The molecule has 0 aliphatic carbocycles. The lowest BCUT2D eigenvalue weighted by atomic mass is 10.1. The Labute approximate surface area is 157 Å². The van der Waals surface area contributed by atoms with Crippen molar-refractivity contribution in [3.8, 4) is 11.5 Å². The molecule has 0 atom stereocenters. The summed E-state index contributed by atoms with van der Waals surface area (Å²) in [5, 5.41) is 7.07. The quantitative estimate of drug-likeness (QED) is 0.689. The molecule has 0 spiro atoms. The third-order valence-corrected chi connectivity index (χ3v) is 4.34. The molecule has 8 nitrogen and oxygen atoms in total. The van der Waals surface area contributed by atoms with Gasteiger partial charge < -0.3 is 14.8 Å². The van der Waals surface area contributed by atoms with Gasteiger partial charge in [0.2, 0.25) is 5.91 Å². The van der Waals surface area contributed by atoms with Crippen molar-refractivity contribution in [2.75, 3.05) is 19.0 Å². The molecule has 0 saturated carbocycles. The third kappa shape index (κ3) is 3.99. The highest BCUT2D eigenvalue weighted by molar-refractivity contribution is 5.91. The van der Waals surface area contributed by atoms with Gasteiger partial charge in [-0.15, -0.1) is 0 Å². The number of anilines is 1. The minimum atomic E-state index is -0.0845. The first-order valence-corrected chi connectivity index (χ1v) is 8.80. The van der Waals surface area contributed by atoms with Crippen LogP contribution >= 0.6 is 0 Å². The van der Waals surface area contributed by atoms with E-state index in [9.17, 15) is 4.79 Å². The lowest BCUT2D eigenvalue weighted by Crippen LogP contribution is -2.14. The van der Waals surface area contributed by atoms with E-state index in [-0.39, 0.29) is 5.91 Å². The lowest BCUT2D eigenvalue weighted by molar-refractivity contribution is -0.116. The molecular weight excluding hydrogens is 346 g/mol. The van der Waals surface area contributed by atoms with Crippen LogP contribution in [0.4, 0.5) is 5.69 Å². The number of rotatable bonds is 7. The highest BCUT2D eigenvalue weighted by atomic mass is 16.5. The molecule has 2 heterocycles. The molecule has 2 aromatic heterocycles. The Kier molecular flexibility index (Phi) is 5.54. The Morgan fingerprint density at radius 1 is 1.26 bits per heavy atom. The van der Waals surface area contributed by atoms with Crippen molar-refractivity contribution in [3.63, 3.8) is 0 Å². The van der Waals surface area contributed by atoms with Crippen molar-refractivity contribution >= 4 is 17.4 Å². The number of fused-ring (bicyclic) bond motifs is 1. The first-order valence-electron chi connectivity index (χ1n) is 8.80. The molecule has 0 radical (unpaired) electrons. The molecule has 0 aliphatic rings. The van der Waals surface area contributed by atoms with Gasteiger partial charge in [-0.25, -0.2) is 9.50 Å². The van der Waals surface area contributed by atoms with Crippen LogP contribution in [-0.2, 0) is 11.2 Å². The molecule has 142 valence electrons. The van der Waals surface area contributed by atoms with Gasteiger partial charge in [-0.1, -0.05) is 0 Å². The van der Waals surface area contributed by atoms with Crippen LogP contribution in [0.25, 0.3) is 5.78 Å². The average Bonchev–Trinajstić information content (AvgIpc) is 3.11. The van der Waals surface area contributed by atoms with Gasteiger partial charge in [0.1, 0.15) is 6.33 Å². The Balaban J connectivity index is 1.68. The van der Waals surface area contributed by atoms with Crippen LogP contribution in [-0.4, -0.2) is 39.2 Å². The molecule has 1 N–H and O–H groups in total. The van der Waals surface area contributed by atoms with Gasteiger partial charge in [0.25, 0.3) is 5.78 Å². The molecule has 0 unspecified atom stereocenters. The molecule has 3 rings (SSSR count). The monoisotopic (exact) mass is 369 g/mol. The summed E-state index contributed by atoms with van der Waals surface area (Å²) < 4.78 is 12.5. The number of carbonyl (C=O) groups is 1. The van der Waals surface area contributed by atoms with Gasteiger partial charge in [0.05, 0.1) is 13.7 Å². The number of hydrogen-bond acceptors (Lipinski definition) is 6. The predicted octanol–water partition coefficient (Wildman–Crippen LogP) is 2.72. The van der Waals surface area contributed by atoms with Gasteiger partial charge in [-0.3, -0.25) is 4.79 Å². The van der Waals surface area contributed by atoms with E-state index >= 15 is 0 Å². The Hall–Kier alpha value is -3.16. The van der Waals surface area contributed by atoms with Crippen LogP contribution in [0.15, 0.2) is 24.5 Å². The number of hydrogen-bond donors (Lipinski definition) is 1. The number of amides is 1. The van der Waals surface area contributed by atoms with Crippen molar-refractivity contribution in [1.82, 2.24) is 19.6 Å². The lowest BCUT2D eigenvalue weighted by Gasteiger charge is -2.12. The van der Waals surface area contributed by atoms with Gasteiger partial charge in [0.15, 0.2) is 11.5 Å². The Morgan fingerprint density at radius 3 is 2.81 bits per heavy atom. The summed E-state index contributed by atoms with van der Waals surface area (Å²) in [6.45, 7) is 6.34. The maximum absolute atomic E-state index is 12.4. The summed E-state index contributed by atoms with van der Waals surface area (Å²) in [7, 11) is 1.57. The Morgan fingerprint density at radius 2 is 2.07 bits per heavy atom. The largest absolute Gasteiger partial charge is 0.493 e. The Bertz CT molecular complexity index is 967. The second kappa shape index (κ2) is 8.03. The van der Waals surface area contributed by atoms with E-state index < -0.39 is 0 Å². The summed E-state index contributed by atoms with van der Waals surface area (Å²) in [4.78, 5) is 20.9. The minimum Gasteiger partial charge on any atom is -0.493 e. The number of nitrogens with zero attached hydrogens (tertiary/aromatic N) is 4. The molecule has 1 aromatic carbocycles. The smallest absolute Gasteiger partial charge is 0.252 e.